The number of hydrogen-bond acceptors (Lipinski definition) is 2. The first-order valence-corrected chi connectivity index (χ1v) is 6.19. The van der Waals surface area contributed by atoms with Crippen molar-refractivity contribution < 1.29 is 22.8 Å². The van der Waals surface area contributed by atoms with Gasteiger partial charge < -0.3 is 10.6 Å². The number of halogens is 3. The zero-order valence-corrected chi connectivity index (χ0v) is 10.5. The minimum Gasteiger partial charge on any atom is -0.353 e. The predicted octanol–water partition coefficient (Wildman–Crippen LogP) is 1.50. The molecule has 108 valence electrons. The van der Waals surface area contributed by atoms with Crippen LogP contribution in [0.25, 0.3) is 0 Å². The molecular weight excluding hydrogens is 273 g/mol. The van der Waals surface area contributed by atoms with Crippen molar-refractivity contribution in [2.24, 2.45) is 0 Å². The summed E-state index contributed by atoms with van der Waals surface area (Å²) >= 11 is 0. The lowest BCUT2D eigenvalue weighted by atomic mass is 10.2. The third-order valence-corrected chi connectivity index (χ3v) is 2.83. The molecule has 1 aromatic rings. The molecule has 2 N–H and O–H groups in total. The zero-order chi connectivity index (χ0) is 14.7. The molecule has 0 aromatic heterocycles. The highest BCUT2D eigenvalue weighted by Gasteiger charge is 2.23. The van der Waals surface area contributed by atoms with Gasteiger partial charge in [-0.25, -0.2) is 13.2 Å². The Labute approximate surface area is 113 Å². The first-order chi connectivity index (χ1) is 9.47. The van der Waals surface area contributed by atoms with Gasteiger partial charge in [0.05, 0.1) is 0 Å². The lowest BCUT2D eigenvalue weighted by Crippen LogP contribution is -2.31. The van der Waals surface area contributed by atoms with Crippen LogP contribution in [0.5, 0.6) is 0 Å². The predicted molar refractivity (Wildman–Crippen MR) is 64.4 cm³/mol. The molecule has 0 bridgehead atoms. The second-order valence-electron chi connectivity index (χ2n) is 4.60. The topological polar surface area (TPSA) is 58.2 Å². The number of benzene rings is 1. The van der Waals surface area contributed by atoms with Crippen LogP contribution < -0.4 is 10.6 Å². The van der Waals surface area contributed by atoms with E-state index in [0.29, 0.717) is 12.1 Å². The molecule has 2 amide bonds. The van der Waals surface area contributed by atoms with Crippen LogP contribution in [0.4, 0.5) is 13.2 Å². The molecule has 0 heterocycles. The van der Waals surface area contributed by atoms with E-state index >= 15 is 0 Å². The van der Waals surface area contributed by atoms with Crippen molar-refractivity contribution in [1.29, 1.82) is 0 Å². The maximum Gasteiger partial charge on any atom is 0.251 e. The Morgan fingerprint density at radius 1 is 1.15 bits per heavy atom. The normalized spacial score (nSPS) is 13.9. The second-order valence-corrected chi connectivity index (χ2v) is 4.60. The summed E-state index contributed by atoms with van der Waals surface area (Å²) in [4.78, 5) is 22.9. The summed E-state index contributed by atoms with van der Waals surface area (Å²) in [6.45, 7) is 0.0397. The molecule has 1 aromatic carbocycles. The Hall–Kier alpha value is -2.05. The molecule has 2 rings (SSSR count). The molecule has 4 nitrogen and oxygen atoms in total. The van der Waals surface area contributed by atoms with Crippen LogP contribution in [-0.2, 0) is 4.79 Å². The van der Waals surface area contributed by atoms with Gasteiger partial charge >= 0.3 is 0 Å². The van der Waals surface area contributed by atoms with Gasteiger partial charge in [0.15, 0.2) is 17.5 Å². The smallest absolute Gasteiger partial charge is 0.251 e. The van der Waals surface area contributed by atoms with Crippen LogP contribution in [0.2, 0.25) is 0 Å². The number of carbonyl (C=O) groups excluding carboxylic acids is 2. The van der Waals surface area contributed by atoms with Crippen molar-refractivity contribution in [3.63, 3.8) is 0 Å². The van der Waals surface area contributed by atoms with Crippen LogP contribution in [-0.4, -0.2) is 24.4 Å². The molecule has 0 spiro atoms. The van der Waals surface area contributed by atoms with Gasteiger partial charge in [-0.3, -0.25) is 9.59 Å². The molecule has 0 saturated heterocycles. The number of carbonyl (C=O) groups is 2. The molecular formula is C13H13F3N2O2. The van der Waals surface area contributed by atoms with E-state index in [2.05, 4.69) is 10.6 Å². The van der Waals surface area contributed by atoms with Crippen molar-refractivity contribution in [1.82, 2.24) is 10.6 Å². The lowest BCUT2D eigenvalue weighted by Gasteiger charge is -2.06. The fraction of sp³-hybridized carbons (Fsp3) is 0.385. The first kappa shape index (κ1) is 14.4. The van der Waals surface area contributed by atoms with Crippen molar-refractivity contribution in [3.8, 4) is 0 Å². The van der Waals surface area contributed by atoms with E-state index in [1.807, 2.05) is 0 Å². The molecule has 1 fully saturated rings. The van der Waals surface area contributed by atoms with Gasteiger partial charge in [-0.2, -0.15) is 0 Å². The number of amides is 2. The lowest BCUT2D eigenvalue weighted by molar-refractivity contribution is -0.121. The Balaban J connectivity index is 1.83. The van der Waals surface area contributed by atoms with E-state index in [9.17, 15) is 22.8 Å². The largest absolute Gasteiger partial charge is 0.353 e. The number of hydrogen-bond donors (Lipinski definition) is 2. The summed E-state index contributed by atoms with van der Waals surface area (Å²) < 4.78 is 38.6. The molecule has 1 saturated carbocycles. The summed E-state index contributed by atoms with van der Waals surface area (Å²) in [5.41, 5.74) is -0.330. The van der Waals surface area contributed by atoms with Gasteiger partial charge in [0, 0.05) is 24.6 Å². The van der Waals surface area contributed by atoms with E-state index in [4.69, 9.17) is 0 Å². The van der Waals surface area contributed by atoms with Crippen molar-refractivity contribution in [2.45, 2.75) is 25.3 Å². The minimum absolute atomic E-state index is 0.0397. The van der Waals surface area contributed by atoms with E-state index in [-0.39, 0.29) is 30.5 Å². The van der Waals surface area contributed by atoms with E-state index in [1.165, 1.54) is 0 Å². The van der Waals surface area contributed by atoms with Crippen LogP contribution in [0.3, 0.4) is 0 Å². The van der Waals surface area contributed by atoms with E-state index in [0.717, 1.165) is 12.8 Å². The van der Waals surface area contributed by atoms with Gasteiger partial charge in [-0.1, -0.05) is 0 Å². The van der Waals surface area contributed by atoms with Crippen LogP contribution in [0.15, 0.2) is 12.1 Å². The van der Waals surface area contributed by atoms with Gasteiger partial charge in [-0.15, -0.1) is 0 Å². The molecule has 0 unspecified atom stereocenters. The maximum absolute atomic E-state index is 12.9. The molecule has 1 aliphatic carbocycles. The summed E-state index contributed by atoms with van der Waals surface area (Å²) in [5, 5.41) is 5.08. The third-order valence-electron chi connectivity index (χ3n) is 2.83. The summed E-state index contributed by atoms with van der Waals surface area (Å²) in [6, 6.07) is 1.45. The monoisotopic (exact) mass is 286 g/mol. The first-order valence-electron chi connectivity index (χ1n) is 6.19. The molecule has 7 heteroatoms. The van der Waals surface area contributed by atoms with Gasteiger partial charge in [0.2, 0.25) is 5.91 Å². The molecule has 0 atom stereocenters. The Bertz CT molecular complexity index is 521. The van der Waals surface area contributed by atoms with E-state index < -0.39 is 23.4 Å². The van der Waals surface area contributed by atoms with E-state index in [1.54, 1.807) is 0 Å². The molecule has 20 heavy (non-hydrogen) atoms. The fourth-order valence-electron chi connectivity index (χ4n) is 1.61. The fourth-order valence-corrected chi connectivity index (χ4v) is 1.61. The van der Waals surface area contributed by atoms with Crippen molar-refractivity contribution in [2.75, 3.05) is 6.54 Å². The van der Waals surface area contributed by atoms with Crippen LogP contribution in [0.1, 0.15) is 29.6 Å². The Morgan fingerprint density at radius 3 is 2.30 bits per heavy atom. The van der Waals surface area contributed by atoms with Crippen molar-refractivity contribution >= 4 is 11.8 Å². The van der Waals surface area contributed by atoms with Gasteiger partial charge in [-0.05, 0) is 25.0 Å². The summed E-state index contributed by atoms with van der Waals surface area (Å²) in [5.74, 6) is -5.43. The maximum atomic E-state index is 12.9. The SMILES string of the molecule is O=C(CCNC(=O)c1cc(F)c(F)c(F)c1)NC1CC1. The highest BCUT2D eigenvalue weighted by Crippen LogP contribution is 2.18. The average molecular weight is 286 g/mol. The average Bonchev–Trinajstić information content (AvgIpc) is 3.19. The third kappa shape index (κ3) is 3.72. The zero-order valence-electron chi connectivity index (χ0n) is 10.5. The van der Waals surface area contributed by atoms with Crippen LogP contribution >= 0.6 is 0 Å². The minimum atomic E-state index is -1.62. The highest BCUT2D eigenvalue weighted by molar-refractivity contribution is 5.94. The Morgan fingerprint density at radius 2 is 1.75 bits per heavy atom. The standard InChI is InChI=1S/C13H13F3N2O2/c14-9-5-7(6-10(15)12(9)16)13(20)17-4-3-11(19)18-8-1-2-8/h5-6,8H,1-4H2,(H,17,20)(H,18,19). The number of nitrogens with one attached hydrogen (secondary N) is 2. The Kier molecular flexibility index (Phi) is 4.26. The highest BCUT2D eigenvalue weighted by atomic mass is 19.2. The van der Waals surface area contributed by atoms with Crippen LogP contribution in [0, 0.1) is 17.5 Å². The quantitative estimate of drug-likeness (QED) is 0.806. The summed E-state index contributed by atoms with van der Waals surface area (Å²) in [7, 11) is 0. The molecule has 0 aliphatic heterocycles. The summed E-state index contributed by atoms with van der Waals surface area (Å²) in [6.07, 6.45) is 2.01. The number of rotatable bonds is 5. The molecule has 1 aliphatic rings. The second kappa shape index (κ2) is 5.94. The van der Waals surface area contributed by atoms with Gasteiger partial charge in [0.1, 0.15) is 0 Å². The van der Waals surface area contributed by atoms with Crippen molar-refractivity contribution in [3.05, 3.63) is 35.1 Å². The molecule has 0 radical (unpaired) electrons. The van der Waals surface area contributed by atoms with Gasteiger partial charge in [0.25, 0.3) is 5.91 Å².